The van der Waals surface area contributed by atoms with Gasteiger partial charge in [-0.25, -0.2) is 9.37 Å². The Kier molecular flexibility index (Phi) is 4.19. The van der Waals surface area contributed by atoms with E-state index < -0.39 is 5.82 Å². The first kappa shape index (κ1) is 13.3. The second kappa shape index (κ2) is 5.67. The Bertz CT molecular complexity index is 575. The standard InChI is InChI=1S/C13H11BrClFN2/c1-8-12(4-5-13(14)18-8)17-7-9-2-3-10(15)11(16)6-9/h2-6,17H,7H2,1H3. The molecule has 2 rings (SSSR count). The lowest BCUT2D eigenvalue weighted by Crippen LogP contribution is -2.02. The van der Waals surface area contributed by atoms with Gasteiger partial charge in [0.15, 0.2) is 0 Å². The van der Waals surface area contributed by atoms with E-state index in [4.69, 9.17) is 11.6 Å². The van der Waals surface area contributed by atoms with Gasteiger partial charge in [-0.15, -0.1) is 0 Å². The van der Waals surface area contributed by atoms with Crippen LogP contribution in [-0.2, 0) is 6.54 Å². The molecule has 1 N–H and O–H groups in total. The van der Waals surface area contributed by atoms with E-state index in [1.807, 2.05) is 19.1 Å². The van der Waals surface area contributed by atoms with E-state index in [9.17, 15) is 4.39 Å². The molecule has 0 atom stereocenters. The quantitative estimate of drug-likeness (QED) is 0.835. The Balaban J connectivity index is 2.09. The van der Waals surface area contributed by atoms with Crippen LogP contribution < -0.4 is 5.32 Å². The predicted octanol–water partition coefficient (Wildman–Crippen LogP) is 4.56. The van der Waals surface area contributed by atoms with Crippen LogP contribution in [0.1, 0.15) is 11.3 Å². The molecule has 0 bridgehead atoms. The van der Waals surface area contributed by atoms with Crippen molar-refractivity contribution in [1.29, 1.82) is 0 Å². The van der Waals surface area contributed by atoms with Gasteiger partial charge >= 0.3 is 0 Å². The smallest absolute Gasteiger partial charge is 0.142 e. The van der Waals surface area contributed by atoms with Crippen molar-refractivity contribution in [1.82, 2.24) is 4.98 Å². The van der Waals surface area contributed by atoms with Crippen molar-refractivity contribution in [2.45, 2.75) is 13.5 Å². The van der Waals surface area contributed by atoms with Gasteiger partial charge in [0.1, 0.15) is 10.4 Å². The number of halogens is 3. The van der Waals surface area contributed by atoms with Crippen molar-refractivity contribution in [2.24, 2.45) is 0 Å². The molecule has 0 aliphatic heterocycles. The predicted molar refractivity (Wildman–Crippen MR) is 75.4 cm³/mol. The zero-order valence-corrected chi connectivity index (χ0v) is 12.0. The van der Waals surface area contributed by atoms with Crippen LogP contribution in [0.25, 0.3) is 0 Å². The third-order valence-electron chi connectivity index (χ3n) is 2.52. The van der Waals surface area contributed by atoms with Crippen molar-refractivity contribution >= 4 is 33.2 Å². The van der Waals surface area contributed by atoms with Gasteiger partial charge in [0.25, 0.3) is 0 Å². The summed E-state index contributed by atoms with van der Waals surface area (Å²) in [6.45, 7) is 2.44. The second-order valence-electron chi connectivity index (χ2n) is 3.87. The normalized spacial score (nSPS) is 10.4. The summed E-state index contributed by atoms with van der Waals surface area (Å²) in [6.07, 6.45) is 0. The summed E-state index contributed by atoms with van der Waals surface area (Å²) in [5, 5.41) is 3.35. The van der Waals surface area contributed by atoms with Gasteiger partial charge < -0.3 is 5.32 Å². The molecule has 0 spiro atoms. The fraction of sp³-hybridized carbons (Fsp3) is 0.154. The minimum atomic E-state index is -0.401. The minimum absolute atomic E-state index is 0.139. The molecule has 94 valence electrons. The topological polar surface area (TPSA) is 24.9 Å². The molecule has 0 radical (unpaired) electrons. The average Bonchev–Trinajstić information content (AvgIpc) is 2.32. The average molecular weight is 330 g/mol. The van der Waals surface area contributed by atoms with Crippen LogP contribution in [0.2, 0.25) is 5.02 Å². The Morgan fingerprint density at radius 1 is 1.33 bits per heavy atom. The van der Waals surface area contributed by atoms with E-state index in [2.05, 4.69) is 26.2 Å². The second-order valence-corrected chi connectivity index (χ2v) is 5.09. The Labute approximate surface area is 118 Å². The van der Waals surface area contributed by atoms with E-state index in [1.165, 1.54) is 6.07 Å². The zero-order chi connectivity index (χ0) is 13.1. The highest BCUT2D eigenvalue weighted by Gasteiger charge is 2.03. The maximum atomic E-state index is 13.3. The van der Waals surface area contributed by atoms with Crippen LogP contribution in [0.3, 0.4) is 0 Å². The molecule has 0 saturated heterocycles. The van der Waals surface area contributed by atoms with Crippen molar-refractivity contribution in [3.63, 3.8) is 0 Å². The van der Waals surface area contributed by atoms with Gasteiger partial charge in [-0.2, -0.15) is 0 Å². The molecule has 1 heterocycles. The number of hydrogen-bond donors (Lipinski definition) is 1. The van der Waals surface area contributed by atoms with E-state index >= 15 is 0 Å². The van der Waals surface area contributed by atoms with E-state index in [0.717, 1.165) is 21.5 Å². The molecular weight excluding hydrogens is 319 g/mol. The molecular formula is C13H11BrClFN2. The van der Waals surface area contributed by atoms with Crippen molar-refractivity contribution in [2.75, 3.05) is 5.32 Å². The van der Waals surface area contributed by atoms with Crippen molar-refractivity contribution in [3.05, 3.63) is 57.0 Å². The van der Waals surface area contributed by atoms with Gasteiger partial charge in [-0.05, 0) is 52.7 Å². The highest BCUT2D eigenvalue weighted by atomic mass is 79.9. The molecule has 5 heteroatoms. The number of aryl methyl sites for hydroxylation is 1. The summed E-state index contributed by atoms with van der Waals surface area (Å²) in [5.41, 5.74) is 2.64. The summed E-state index contributed by atoms with van der Waals surface area (Å²) >= 11 is 8.94. The van der Waals surface area contributed by atoms with Crippen LogP contribution in [0.5, 0.6) is 0 Å². The summed E-state index contributed by atoms with van der Waals surface area (Å²) in [5.74, 6) is -0.401. The zero-order valence-electron chi connectivity index (χ0n) is 9.67. The number of rotatable bonds is 3. The van der Waals surface area contributed by atoms with E-state index in [0.29, 0.717) is 6.54 Å². The van der Waals surface area contributed by atoms with Gasteiger partial charge in [0, 0.05) is 6.54 Å². The summed E-state index contributed by atoms with van der Waals surface area (Å²) < 4.78 is 14.1. The van der Waals surface area contributed by atoms with Gasteiger partial charge in [-0.3, -0.25) is 0 Å². The number of nitrogens with one attached hydrogen (secondary N) is 1. The number of nitrogens with zero attached hydrogens (tertiary/aromatic N) is 1. The molecule has 1 aromatic heterocycles. The molecule has 2 aromatic rings. The van der Waals surface area contributed by atoms with Gasteiger partial charge in [0.05, 0.1) is 16.4 Å². The maximum Gasteiger partial charge on any atom is 0.142 e. The lowest BCUT2D eigenvalue weighted by molar-refractivity contribution is 0.626. The fourth-order valence-electron chi connectivity index (χ4n) is 1.56. The fourth-order valence-corrected chi connectivity index (χ4v) is 2.08. The largest absolute Gasteiger partial charge is 0.379 e. The molecule has 0 fully saturated rings. The SMILES string of the molecule is Cc1nc(Br)ccc1NCc1ccc(Cl)c(F)c1. The highest BCUT2D eigenvalue weighted by Crippen LogP contribution is 2.19. The van der Waals surface area contributed by atoms with Gasteiger partial charge in [0.2, 0.25) is 0 Å². The third kappa shape index (κ3) is 3.21. The molecule has 2 nitrogen and oxygen atoms in total. The van der Waals surface area contributed by atoms with Crippen LogP contribution in [0, 0.1) is 12.7 Å². The molecule has 0 aliphatic carbocycles. The minimum Gasteiger partial charge on any atom is -0.379 e. The number of pyridine rings is 1. The number of aromatic nitrogens is 1. The van der Waals surface area contributed by atoms with Crippen molar-refractivity contribution in [3.8, 4) is 0 Å². The first-order valence-electron chi connectivity index (χ1n) is 5.37. The Morgan fingerprint density at radius 3 is 2.78 bits per heavy atom. The van der Waals surface area contributed by atoms with Crippen molar-refractivity contribution < 1.29 is 4.39 Å². The number of benzene rings is 1. The number of hydrogen-bond acceptors (Lipinski definition) is 2. The summed E-state index contributed by atoms with van der Waals surface area (Å²) in [4.78, 5) is 4.28. The summed E-state index contributed by atoms with van der Waals surface area (Å²) in [7, 11) is 0. The van der Waals surface area contributed by atoms with Gasteiger partial charge in [-0.1, -0.05) is 17.7 Å². The van der Waals surface area contributed by atoms with Crippen LogP contribution in [0.4, 0.5) is 10.1 Å². The molecule has 0 saturated carbocycles. The molecule has 0 aliphatic rings. The van der Waals surface area contributed by atoms with Crippen LogP contribution in [-0.4, -0.2) is 4.98 Å². The molecule has 0 unspecified atom stereocenters. The molecule has 1 aromatic carbocycles. The molecule has 18 heavy (non-hydrogen) atoms. The lowest BCUT2D eigenvalue weighted by atomic mass is 10.2. The first-order valence-corrected chi connectivity index (χ1v) is 6.54. The molecule has 0 amide bonds. The lowest BCUT2D eigenvalue weighted by Gasteiger charge is -2.09. The van der Waals surface area contributed by atoms with E-state index in [1.54, 1.807) is 12.1 Å². The first-order chi connectivity index (χ1) is 8.56. The maximum absolute atomic E-state index is 13.3. The monoisotopic (exact) mass is 328 g/mol. The number of anilines is 1. The third-order valence-corrected chi connectivity index (χ3v) is 3.27. The van der Waals surface area contributed by atoms with E-state index in [-0.39, 0.29) is 5.02 Å². The van der Waals surface area contributed by atoms with Crippen LogP contribution >= 0.6 is 27.5 Å². The Morgan fingerprint density at radius 2 is 2.11 bits per heavy atom. The Hall–Kier alpha value is -1.13. The highest BCUT2D eigenvalue weighted by molar-refractivity contribution is 9.10. The van der Waals surface area contributed by atoms with Crippen LogP contribution in [0.15, 0.2) is 34.9 Å². The summed E-state index contributed by atoms with van der Waals surface area (Å²) in [6, 6.07) is 8.56.